The molecule has 0 bridgehead atoms. The SMILES string of the molecule is CO[SiH](CCCOC(C)C)OC. The molecule has 0 aromatic heterocycles. The van der Waals surface area contributed by atoms with Crippen LogP contribution in [0.3, 0.4) is 0 Å². The van der Waals surface area contributed by atoms with Gasteiger partial charge in [0.15, 0.2) is 0 Å². The highest BCUT2D eigenvalue weighted by Crippen LogP contribution is 2.00. The van der Waals surface area contributed by atoms with Gasteiger partial charge in [-0.25, -0.2) is 0 Å². The van der Waals surface area contributed by atoms with E-state index in [1.165, 1.54) is 0 Å². The van der Waals surface area contributed by atoms with Crippen LogP contribution in [0.5, 0.6) is 0 Å². The molecule has 0 spiro atoms. The van der Waals surface area contributed by atoms with Gasteiger partial charge in [0.25, 0.3) is 0 Å². The lowest BCUT2D eigenvalue weighted by Gasteiger charge is -2.11. The van der Waals surface area contributed by atoms with E-state index in [0.717, 1.165) is 19.1 Å². The van der Waals surface area contributed by atoms with E-state index in [1.807, 2.05) is 13.8 Å². The molecule has 0 saturated heterocycles. The summed E-state index contributed by atoms with van der Waals surface area (Å²) in [4.78, 5) is 0. The average Bonchev–Trinajstić information content (AvgIpc) is 2.04. The van der Waals surface area contributed by atoms with Crippen molar-refractivity contribution in [2.75, 3.05) is 20.8 Å². The minimum atomic E-state index is -1.34. The predicted molar refractivity (Wildman–Crippen MR) is 51.7 cm³/mol. The second-order valence-electron chi connectivity index (χ2n) is 2.96. The van der Waals surface area contributed by atoms with Crippen molar-refractivity contribution in [2.24, 2.45) is 0 Å². The standard InChI is InChI=1S/C8H20O3Si/c1-8(2)11-6-5-7-12(9-3)10-4/h8,12H,5-7H2,1-4H3. The number of ether oxygens (including phenoxy) is 1. The molecule has 0 amide bonds. The zero-order valence-corrected chi connectivity index (χ0v) is 9.66. The molecule has 0 unspecified atom stereocenters. The molecule has 74 valence electrons. The lowest BCUT2D eigenvalue weighted by molar-refractivity contribution is 0.0782. The monoisotopic (exact) mass is 192 g/mol. The highest BCUT2D eigenvalue weighted by atomic mass is 28.3. The van der Waals surface area contributed by atoms with Crippen LogP contribution >= 0.6 is 0 Å². The molecule has 0 atom stereocenters. The van der Waals surface area contributed by atoms with Crippen molar-refractivity contribution in [3.8, 4) is 0 Å². The number of hydrogen-bond acceptors (Lipinski definition) is 3. The fourth-order valence-electron chi connectivity index (χ4n) is 0.901. The van der Waals surface area contributed by atoms with Gasteiger partial charge in [-0.2, -0.15) is 0 Å². The Morgan fingerprint density at radius 2 is 1.75 bits per heavy atom. The van der Waals surface area contributed by atoms with Gasteiger partial charge in [0.05, 0.1) is 6.10 Å². The summed E-state index contributed by atoms with van der Waals surface area (Å²) in [7, 11) is 2.09. The molecule has 0 radical (unpaired) electrons. The van der Waals surface area contributed by atoms with Crippen LogP contribution in [0.1, 0.15) is 20.3 Å². The molecular weight excluding hydrogens is 172 g/mol. The Bertz CT molecular complexity index is 94.3. The van der Waals surface area contributed by atoms with Gasteiger partial charge in [0.1, 0.15) is 0 Å². The molecule has 3 nitrogen and oxygen atoms in total. The van der Waals surface area contributed by atoms with Crippen LogP contribution < -0.4 is 0 Å². The Labute approximate surface area is 76.9 Å². The Balaban J connectivity index is 3.17. The van der Waals surface area contributed by atoms with Crippen LogP contribution in [0.25, 0.3) is 0 Å². The maximum atomic E-state index is 5.39. The third-order valence-corrected chi connectivity index (χ3v) is 3.49. The van der Waals surface area contributed by atoms with Crippen LogP contribution in [0.15, 0.2) is 0 Å². The van der Waals surface area contributed by atoms with Gasteiger partial charge in [-0.1, -0.05) is 0 Å². The lowest BCUT2D eigenvalue weighted by Crippen LogP contribution is -2.19. The van der Waals surface area contributed by atoms with Crippen LogP contribution in [0.4, 0.5) is 0 Å². The summed E-state index contributed by atoms with van der Waals surface area (Å²) in [6, 6.07) is 1.03. The van der Waals surface area contributed by atoms with E-state index in [1.54, 1.807) is 14.2 Å². The van der Waals surface area contributed by atoms with Crippen molar-refractivity contribution in [1.82, 2.24) is 0 Å². The summed E-state index contributed by atoms with van der Waals surface area (Å²) in [5, 5.41) is 0. The fourth-order valence-corrected chi connectivity index (χ4v) is 2.06. The Morgan fingerprint density at radius 3 is 2.17 bits per heavy atom. The van der Waals surface area contributed by atoms with Gasteiger partial charge in [0, 0.05) is 20.8 Å². The minimum Gasteiger partial charge on any atom is -0.400 e. The third-order valence-electron chi connectivity index (χ3n) is 1.56. The molecule has 0 heterocycles. The molecule has 0 fully saturated rings. The second kappa shape index (κ2) is 7.73. The maximum absolute atomic E-state index is 5.39. The molecule has 0 saturated carbocycles. The Hall–Kier alpha value is 0.0969. The quantitative estimate of drug-likeness (QED) is 0.450. The van der Waals surface area contributed by atoms with Crippen LogP contribution in [0.2, 0.25) is 6.04 Å². The van der Waals surface area contributed by atoms with Crippen molar-refractivity contribution < 1.29 is 13.6 Å². The van der Waals surface area contributed by atoms with E-state index in [2.05, 4.69) is 0 Å². The van der Waals surface area contributed by atoms with E-state index >= 15 is 0 Å². The van der Waals surface area contributed by atoms with Crippen molar-refractivity contribution in [3.05, 3.63) is 0 Å². The zero-order valence-electron chi connectivity index (χ0n) is 8.50. The van der Waals surface area contributed by atoms with Crippen molar-refractivity contribution in [2.45, 2.75) is 32.4 Å². The molecule has 4 heteroatoms. The Morgan fingerprint density at radius 1 is 1.17 bits per heavy atom. The highest BCUT2D eigenvalue weighted by Gasteiger charge is 2.08. The molecule has 12 heavy (non-hydrogen) atoms. The Kier molecular flexibility index (Phi) is 7.79. The molecule has 0 aromatic carbocycles. The summed E-state index contributed by atoms with van der Waals surface area (Å²) in [6.07, 6.45) is 1.37. The van der Waals surface area contributed by atoms with Gasteiger partial charge in [-0.05, 0) is 26.3 Å². The summed E-state index contributed by atoms with van der Waals surface area (Å²) >= 11 is 0. The number of hydrogen-bond donors (Lipinski definition) is 0. The van der Waals surface area contributed by atoms with E-state index < -0.39 is 9.28 Å². The van der Waals surface area contributed by atoms with Crippen molar-refractivity contribution in [1.29, 1.82) is 0 Å². The highest BCUT2D eigenvalue weighted by molar-refractivity contribution is 6.44. The predicted octanol–water partition coefficient (Wildman–Crippen LogP) is 1.31. The van der Waals surface area contributed by atoms with Gasteiger partial charge < -0.3 is 13.6 Å². The normalized spacial score (nSPS) is 11.5. The summed E-state index contributed by atoms with van der Waals surface area (Å²) in [5.41, 5.74) is 0. The first-order valence-corrected chi connectivity index (χ1v) is 6.13. The van der Waals surface area contributed by atoms with E-state index in [4.69, 9.17) is 13.6 Å². The first-order valence-electron chi connectivity index (χ1n) is 4.38. The fraction of sp³-hybridized carbons (Fsp3) is 1.00. The van der Waals surface area contributed by atoms with Crippen molar-refractivity contribution in [3.63, 3.8) is 0 Å². The zero-order chi connectivity index (χ0) is 9.40. The maximum Gasteiger partial charge on any atom is 0.320 e. The van der Waals surface area contributed by atoms with Gasteiger partial charge in [-0.3, -0.25) is 0 Å². The minimum absolute atomic E-state index is 0.329. The van der Waals surface area contributed by atoms with Crippen LogP contribution in [-0.2, 0) is 13.6 Å². The number of rotatable bonds is 7. The van der Waals surface area contributed by atoms with Gasteiger partial charge >= 0.3 is 9.28 Å². The average molecular weight is 192 g/mol. The smallest absolute Gasteiger partial charge is 0.320 e. The summed E-state index contributed by atoms with van der Waals surface area (Å²) in [5.74, 6) is 0. The largest absolute Gasteiger partial charge is 0.400 e. The molecule has 0 aliphatic heterocycles. The van der Waals surface area contributed by atoms with Gasteiger partial charge in [0.2, 0.25) is 0 Å². The first kappa shape index (κ1) is 12.1. The summed E-state index contributed by atoms with van der Waals surface area (Å²) in [6.45, 7) is 4.90. The van der Waals surface area contributed by atoms with E-state index in [9.17, 15) is 0 Å². The molecular formula is C8H20O3Si. The van der Waals surface area contributed by atoms with E-state index in [-0.39, 0.29) is 0 Å². The topological polar surface area (TPSA) is 27.7 Å². The van der Waals surface area contributed by atoms with Crippen molar-refractivity contribution >= 4 is 9.28 Å². The second-order valence-corrected chi connectivity index (χ2v) is 5.34. The summed E-state index contributed by atoms with van der Waals surface area (Å²) < 4.78 is 15.7. The molecule has 0 aromatic rings. The van der Waals surface area contributed by atoms with Crippen LogP contribution in [0, 0.1) is 0 Å². The molecule has 0 rings (SSSR count). The van der Waals surface area contributed by atoms with Gasteiger partial charge in [-0.15, -0.1) is 0 Å². The molecule has 0 aliphatic rings. The van der Waals surface area contributed by atoms with Crippen LogP contribution in [-0.4, -0.2) is 36.2 Å². The lowest BCUT2D eigenvalue weighted by atomic mass is 10.4. The molecule has 0 N–H and O–H groups in total. The van der Waals surface area contributed by atoms with E-state index in [0.29, 0.717) is 6.10 Å². The molecule has 0 aliphatic carbocycles. The first-order chi connectivity index (χ1) is 5.70. The third kappa shape index (κ3) is 6.79.